The second-order valence-electron chi connectivity index (χ2n) is 3.37. The molecule has 96 valence electrons. The van der Waals surface area contributed by atoms with Crippen LogP contribution in [0.1, 0.15) is 6.42 Å². The van der Waals surface area contributed by atoms with Crippen LogP contribution in [0.5, 0.6) is 0 Å². The largest absolute Gasteiger partial charge is 0.383 e. The van der Waals surface area contributed by atoms with Crippen LogP contribution in [0, 0.1) is 0 Å². The highest BCUT2D eigenvalue weighted by molar-refractivity contribution is 9.10. The molecule has 9 heteroatoms. The fraction of sp³-hybridized carbons (Fsp3) is 0.500. The third-order valence-corrected chi connectivity index (χ3v) is 3.34. The van der Waals surface area contributed by atoms with Gasteiger partial charge in [-0.25, -0.2) is 23.1 Å². The summed E-state index contributed by atoms with van der Waals surface area (Å²) in [5.41, 5.74) is 5.58. The van der Waals surface area contributed by atoms with Crippen molar-refractivity contribution in [3.05, 3.63) is 10.8 Å². The Morgan fingerprint density at radius 2 is 2.12 bits per heavy atom. The number of nitrogens with two attached hydrogens (primary N) is 1. The van der Waals surface area contributed by atoms with E-state index in [0.717, 1.165) is 6.26 Å². The summed E-state index contributed by atoms with van der Waals surface area (Å²) in [6.45, 7) is 0.960. The first-order valence-electron chi connectivity index (χ1n) is 4.84. The lowest BCUT2D eigenvalue weighted by Gasteiger charge is -2.08. The summed E-state index contributed by atoms with van der Waals surface area (Å²) in [5, 5.41) is 3.03. The van der Waals surface area contributed by atoms with Crippen molar-refractivity contribution in [1.82, 2.24) is 14.7 Å². The first kappa shape index (κ1) is 14.1. The molecular weight excluding hydrogens is 310 g/mol. The molecule has 0 aromatic carbocycles. The standard InChI is InChI=1S/C8H14BrN5O2S/c1-17(15,16)14-4-2-3-11-8-6(9)7(10)12-5-13-8/h5,14H,2-4H2,1H3,(H3,10,11,12,13). The van der Waals surface area contributed by atoms with Gasteiger partial charge < -0.3 is 11.1 Å². The molecule has 1 heterocycles. The van der Waals surface area contributed by atoms with E-state index in [1.807, 2.05) is 0 Å². The molecular formula is C8H14BrN5O2S. The minimum atomic E-state index is -3.12. The molecule has 0 saturated carbocycles. The summed E-state index contributed by atoms with van der Waals surface area (Å²) in [6, 6.07) is 0. The lowest BCUT2D eigenvalue weighted by Crippen LogP contribution is -2.24. The van der Waals surface area contributed by atoms with E-state index in [1.165, 1.54) is 6.33 Å². The van der Waals surface area contributed by atoms with Gasteiger partial charge in [0, 0.05) is 13.1 Å². The van der Waals surface area contributed by atoms with Gasteiger partial charge in [0.15, 0.2) is 0 Å². The molecule has 4 N–H and O–H groups in total. The van der Waals surface area contributed by atoms with Crippen molar-refractivity contribution in [1.29, 1.82) is 0 Å². The first-order chi connectivity index (χ1) is 7.90. The van der Waals surface area contributed by atoms with Gasteiger partial charge in [0.1, 0.15) is 22.4 Å². The number of hydrogen-bond donors (Lipinski definition) is 3. The van der Waals surface area contributed by atoms with E-state index < -0.39 is 10.0 Å². The summed E-state index contributed by atoms with van der Waals surface area (Å²) in [4.78, 5) is 7.80. The number of aromatic nitrogens is 2. The molecule has 0 bridgehead atoms. The highest BCUT2D eigenvalue weighted by Crippen LogP contribution is 2.23. The van der Waals surface area contributed by atoms with Gasteiger partial charge in [-0.1, -0.05) is 0 Å². The van der Waals surface area contributed by atoms with Crippen LogP contribution < -0.4 is 15.8 Å². The van der Waals surface area contributed by atoms with Crippen LogP contribution in [0.3, 0.4) is 0 Å². The fourth-order valence-corrected chi connectivity index (χ4v) is 1.92. The van der Waals surface area contributed by atoms with Crippen molar-refractivity contribution in [2.45, 2.75) is 6.42 Å². The number of nitrogen functional groups attached to an aromatic ring is 1. The van der Waals surface area contributed by atoms with Crippen LogP contribution in [0.4, 0.5) is 11.6 Å². The third kappa shape index (κ3) is 5.29. The molecule has 0 fully saturated rings. The second kappa shape index (κ2) is 6.12. The topological polar surface area (TPSA) is 110 Å². The van der Waals surface area contributed by atoms with Gasteiger partial charge in [0.2, 0.25) is 10.0 Å². The van der Waals surface area contributed by atoms with Gasteiger partial charge in [-0.15, -0.1) is 0 Å². The van der Waals surface area contributed by atoms with Crippen LogP contribution in [-0.2, 0) is 10.0 Å². The molecule has 0 amide bonds. The Morgan fingerprint density at radius 3 is 2.76 bits per heavy atom. The minimum Gasteiger partial charge on any atom is -0.383 e. The molecule has 1 aromatic heterocycles. The maximum Gasteiger partial charge on any atom is 0.208 e. The van der Waals surface area contributed by atoms with Crippen molar-refractivity contribution in [3.63, 3.8) is 0 Å². The molecule has 0 atom stereocenters. The Hall–Kier alpha value is -0.930. The molecule has 1 aromatic rings. The van der Waals surface area contributed by atoms with Crippen molar-refractivity contribution in [2.75, 3.05) is 30.4 Å². The summed E-state index contributed by atoms with van der Waals surface area (Å²) in [6.07, 6.45) is 3.13. The quantitative estimate of drug-likeness (QED) is 0.644. The highest BCUT2D eigenvalue weighted by atomic mass is 79.9. The summed E-state index contributed by atoms with van der Waals surface area (Å²) in [5.74, 6) is 0.952. The molecule has 0 aliphatic rings. The zero-order chi connectivity index (χ0) is 12.9. The molecule has 0 aliphatic heterocycles. The Morgan fingerprint density at radius 1 is 1.41 bits per heavy atom. The Balaban J connectivity index is 2.34. The fourth-order valence-electron chi connectivity index (χ4n) is 1.06. The van der Waals surface area contributed by atoms with E-state index in [2.05, 4.69) is 35.9 Å². The molecule has 0 aliphatic carbocycles. The number of rotatable bonds is 6. The lowest BCUT2D eigenvalue weighted by atomic mass is 10.4. The number of nitrogens with zero attached hydrogens (tertiary/aromatic N) is 2. The third-order valence-electron chi connectivity index (χ3n) is 1.83. The van der Waals surface area contributed by atoms with E-state index >= 15 is 0 Å². The van der Waals surface area contributed by atoms with Crippen LogP contribution in [0.2, 0.25) is 0 Å². The van der Waals surface area contributed by atoms with Gasteiger partial charge in [0.25, 0.3) is 0 Å². The summed E-state index contributed by atoms with van der Waals surface area (Å²) < 4.78 is 24.6. The zero-order valence-electron chi connectivity index (χ0n) is 9.27. The van der Waals surface area contributed by atoms with Crippen molar-refractivity contribution < 1.29 is 8.42 Å². The maximum absolute atomic E-state index is 10.8. The average molecular weight is 324 g/mol. The first-order valence-corrected chi connectivity index (χ1v) is 7.53. The predicted molar refractivity (Wildman–Crippen MR) is 70.1 cm³/mol. The molecule has 0 saturated heterocycles. The van der Waals surface area contributed by atoms with Crippen LogP contribution in [-0.4, -0.2) is 37.7 Å². The summed E-state index contributed by atoms with van der Waals surface area (Å²) >= 11 is 3.26. The Labute approximate surface area is 108 Å². The number of halogens is 1. The average Bonchev–Trinajstić information content (AvgIpc) is 2.22. The van der Waals surface area contributed by atoms with Gasteiger partial charge in [0.05, 0.1) is 6.26 Å². The van der Waals surface area contributed by atoms with Gasteiger partial charge in [-0.3, -0.25) is 0 Å². The van der Waals surface area contributed by atoms with E-state index in [9.17, 15) is 8.42 Å². The number of hydrogen-bond acceptors (Lipinski definition) is 6. The predicted octanol–water partition coefficient (Wildman–Crippen LogP) is 0.172. The summed E-state index contributed by atoms with van der Waals surface area (Å²) in [7, 11) is -3.12. The normalized spacial score (nSPS) is 11.4. The molecule has 0 radical (unpaired) electrons. The van der Waals surface area contributed by atoms with Gasteiger partial charge >= 0.3 is 0 Å². The van der Waals surface area contributed by atoms with E-state index in [4.69, 9.17) is 5.73 Å². The maximum atomic E-state index is 10.8. The van der Waals surface area contributed by atoms with Crippen LogP contribution in [0.25, 0.3) is 0 Å². The smallest absolute Gasteiger partial charge is 0.208 e. The zero-order valence-corrected chi connectivity index (χ0v) is 11.7. The van der Waals surface area contributed by atoms with E-state index in [1.54, 1.807) is 0 Å². The second-order valence-corrected chi connectivity index (χ2v) is 5.99. The number of sulfonamides is 1. The molecule has 0 spiro atoms. The SMILES string of the molecule is CS(=O)(=O)NCCCNc1ncnc(N)c1Br. The Kier molecular flexibility index (Phi) is 5.09. The van der Waals surface area contributed by atoms with Crippen molar-refractivity contribution in [2.24, 2.45) is 0 Å². The van der Waals surface area contributed by atoms with Crippen molar-refractivity contribution in [3.8, 4) is 0 Å². The Bertz CT molecular complexity index is 479. The van der Waals surface area contributed by atoms with Crippen LogP contribution in [0.15, 0.2) is 10.8 Å². The van der Waals surface area contributed by atoms with E-state index in [0.29, 0.717) is 35.6 Å². The molecule has 7 nitrogen and oxygen atoms in total. The lowest BCUT2D eigenvalue weighted by molar-refractivity contribution is 0.586. The molecule has 17 heavy (non-hydrogen) atoms. The molecule has 0 unspecified atom stereocenters. The van der Waals surface area contributed by atoms with Gasteiger partial charge in [-0.05, 0) is 22.4 Å². The van der Waals surface area contributed by atoms with Crippen molar-refractivity contribution >= 4 is 37.6 Å². The van der Waals surface area contributed by atoms with E-state index in [-0.39, 0.29) is 0 Å². The number of nitrogens with one attached hydrogen (secondary N) is 2. The minimum absolute atomic E-state index is 0.358. The van der Waals surface area contributed by atoms with Gasteiger partial charge in [-0.2, -0.15) is 0 Å². The number of anilines is 2. The molecule has 1 rings (SSSR count). The van der Waals surface area contributed by atoms with Crippen LogP contribution >= 0.6 is 15.9 Å². The monoisotopic (exact) mass is 323 g/mol. The highest BCUT2D eigenvalue weighted by Gasteiger charge is 2.05.